The fourth-order valence-corrected chi connectivity index (χ4v) is 4.26. The van der Waals surface area contributed by atoms with E-state index in [-0.39, 0.29) is 11.7 Å². The predicted octanol–water partition coefficient (Wildman–Crippen LogP) is 5.85. The number of ether oxygens (including phenoxy) is 3. The van der Waals surface area contributed by atoms with E-state index >= 15 is 0 Å². The molecule has 1 heterocycles. The molecule has 0 radical (unpaired) electrons. The van der Waals surface area contributed by atoms with Crippen molar-refractivity contribution < 1.29 is 24.4 Å². The van der Waals surface area contributed by atoms with Crippen LogP contribution in [0.25, 0.3) is 0 Å². The van der Waals surface area contributed by atoms with Crippen molar-refractivity contribution in [1.29, 1.82) is 0 Å². The Hall–Kier alpha value is -2.08. The molecule has 3 atom stereocenters. The Morgan fingerprint density at radius 3 is 2.35 bits per heavy atom. The first-order valence-corrected chi connectivity index (χ1v) is 12.2. The minimum atomic E-state index is -0.518. The lowest BCUT2D eigenvalue weighted by Gasteiger charge is -2.13. The second-order valence-corrected chi connectivity index (χ2v) is 10.1. The smallest absolute Gasteiger partial charge is 0.125 e. The normalized spacial score (nSPS) is 20.2. The third-order valence-electron chi connectivity index (χ3n) is 6.58. The van der Waals surface area contributed by atoms with E-state index in [0.29, 0.717) is 12.8 Å². The van der Waals surface area contributed by atoms with Crippen molar-refractivity contribution >= 4 is 0 Å². The fraction of sp³-hybridized carbons (Fsp3) is 0.586. The van der Waals surface area contributed by atoms with Crippen molar-refractivity contribution in [2.45, 2.75) is 97.6 Å². The number of allylic oxidation sites excluding steroid dienone is 3. The van der Waals surface area contributed by atoms with E-state index in [2.05, 4.69) is 26.0 Å². The molecular formula is C29H44O5. The van der Waals surface area contributed by atoms with E-state index in [4.69, 9.17) is 14.2 Å². The number of epoxide rings is 1. The Bertz CT molecular complexity index is 909. The molecule has 1 aromatic carbocycles. The van der Waals surface area contributed by atoms with Crippen LogP contribution in [0, 0.1) is 6.92 Å². The second-order valence-electron chi connectivity index (χ2n) is 10.1. The summed E-state index contributed by atoms with van der Waals surface area (Å²) < 4.78 is 16.5. The van der Waals surface area contributed by atoms with Crippen LogP contribution in [0.4, 0.5) is 0 Å². The maximum Gasteiger partial charge on any atom is 0.125 e. The standard InChI is InChI=1S/C29H44O5/c1-19(10-9-11-21(3)26(31)18-27-29(5,6)34-27)14-24(30)15-20(2)12-13-23-17-25(32-7)16-22(4)28(23)33-8/h11-12,14,16-17,24,26-27,30-31H,9-10,13,15,18H2,1-8H3/t24-,26+,27-/m0/s1. The minimum Gasteiger partial charge on any atom is -0.497 e. The van der Waals surface area contributed by atoms with Crippen molar-refractivity contribution in [3.8, 4) is 11.5 Å². The van der Waals surface area contributed by atoms with Gasteiger partial charge in [0.05, 0.1) is 38.1 Å². The van der Waals surface area contributed by atoms with E-state index < -0.39 is 12.2 Å². The fourth-order valence-electron chi connectivity index (χ4n) is 4.26. The zero-order valence-electron chi connectivity index (χ0n) is 22.3. The summed E-state index contributed by atoms with van der Waals surface area (Å²) in [7, 11) is 3.35. The van der Waals surface area contributed by atoms with E-state index in [1.807, 2.05) is 45.9 Å². The van der Waals surface area contributed by atoms with Gasteiger partial charge in [-0.3, -0.25) is 0 Å². The highest BCUT2D eigenvalue weighted by molar-refractivity contribution is 5.47. The maximum absolute atomic E-state index is 10.5. The number of aliphatic hydroxyl groups excluding tert-OH is 2. The molecule has 5 nitrogen and oxygen atoms in total. The van der Waals surface area contributed by atoms with Gasteiger partial charge in [-0.1, -0.05) is 29.4 Å². The largest absolute Gasteiger partial charge is 0.497 e. The van der Waals surface area contributed by atoms with Crippen LogP contribution < -0.4 is 9.47 Å². The van der Waals surface area contributed by atoms with Crippen molar-refractivity contribution in [2.75, 3.05) is 14.2 Å². The van der Waals surface area contributed by atoms with Crippen LogP contribution >= 0.6 is 0 Å². The Balaban J connectivity index is 1.84. The van der Waals surface area contributed by atoms with Gasteiger partial charge in [0.1, 0.15) is 11.5 Å². The summed E-state index contributed by atoms with van der Waals surface area (Å²) in [4.78, 5) is 0. The lowest BCUT2D eigenvalue weighted by atomic mass is 9.99. The van der Waals surface area contributed by atoms with Crippen LogP contribution in [0.2, 0.25) is 0 Å². The Labute approximate surface area is 206 Å². The molecule has 190 valence electrons. The number of aryl methyl sites for hydroxylation is 1. The zero-order valence-corrected chi connectivity index (χ0v) is 22.3. The van der Waals surface area contributed by atoms with Crippen LogP contribution in [0.1, 0.15) is 71.4 Å². The summed E-state index contributed by atoms with van der Waals surface area (Å²) in [5.74, 6) is 1.70. The Kier molecular flexibility index (Phi) is 10.4. The average molecular weight is 473 g/mol. The van der Waals surface area contributed by atoms with Gasteiger partial charge in [0.2, 0.25) is 0 Å². The number of rotatable bonds is 13. The van der Waals surface area contributed by atoms with Crippen LogP contribution in [-0.2, 0) is 11.2 Å². The van der Waals surface area contributed by atoms with Crippen LogP contribution in [0.5, 0.6) is 11.5 Å². The monoisotopic (exact) mass is 472 g/mol. The molecule has 1 fully saturated rings. The highest BCUT2D eigenvalue weighted by atomic mass is 16.6. The van der Waals surface area contributed by atoms with E-state index in [1.54, 1.807) is 14.2 Å². The molecule has 0 amide bonds. The molecule has 0 bridgehead atoms. The van der Waals surface area contributed by atoms with Gasteiger partial charge < -0.3 is 24.4 Å². The first-order valence-electron chi connectivity index (χ1n) is 12.2. The van der Waals surface area contributed by atoms with Gasteiger partial charge in [0, 0.05) is 12.0 Å². The molecule has 0 spiro atoms. The molecular weight excluding hydrogens is 428 g/mol. The van der Waals surface area contributed by atoms with Gasteiger partial charge in [-0.2, -0.15) is 0 Å². The summed E-state index contributed by atoms with van der Waals surface area (Å²) in [5.41, 5.74) is 5.28. The molecule has 0 aromatic heterocycles. The summed E-state index contributed by atoms with van der Waals surface area (Å²) >= 11 is 0. The lowest BCUT2D eigenvalue weighted by molar-refractivity contribution is 0.184. The van der Waals surface area contributed by atoms with Gasteiger partial charge >= 0.3 is 0 Å². The number of hydrogen-bond donors (Lipinski definition) is 2. The van der Waals surface area contributed by atoms with E-state index in [0.717, 1.165) is 58.6 Å². The molecule has 0 saturated carbocycles. The van der Waals surface area contributed by atoms with Gasteiger partial charge in [0.15, 0.2) is 0 Å². The molecule has 34 heavy (non-hydrogen) atoms. The molecule has 2 N–H and O–H groups in total. The molecule has 0 unspecified atom stereocenters. The van der Waals surface area contributed by atoms with Crippen molar-refractivity contribution in [3.05, 3.63) is 58.2 Å². The molecule has 1 aliphatic heterocycles. The zero-order chi connectivity index (χ0) is 25.5. The summed E-state index contributed by atoms with van der Waals surface area (Å²) in [6.07, 6.45) is 9.01. The molecule has 1 aromatic rings. The molecule has 0 aliphatic carbocycles. The maximum atomic E-state index is 10.5. The Morgan fingerprint density at radius 2 is 1.76 bits per heavy atom. The third kappa shape index (κ3) is 8.61. The first kappa shape index (κ1) is 28.2. The van der Waals surface area contributed by atoms with Crippen LogP contribution in [0.3, 0.4) is 0 Å². The van der Waals surface area contributed by atoms with Gasteiger partial charge in [0.25, 0.3) is 0 Å². The molecule has 2 rings (SSSR count). The van der Waals surface area contributed by atoms with Crippen molar-refractivity contribution in [2.24, 2.45) is 0 Å². The molecule has 1 aliphatic rings. The van der Waals surface area contributed by atoms with E-state index in [1.165, 1.54) is 0 Å². The second kappa shape index (κ2) is 12.6. The van der Waals surface area contributed by atoms with Gasteiger partial charge in [-0.25, -0.2) is 0 Å². The van der Waals surface area contributed by atoms with Gasteiger partial charge in [-0.05, 0) is 90.5 Å². The van der Waals surface area contributed by atoms with Gasteiger partial charge in [-0.15, -0.1) is 0 Å². The number of aliphatic hydroxyl groups is 2. The Morgan fingerprint density at radius 1 is 1.09 bits per heavy atom. The van der Waals surface area contributed by atoms with Crippen molar-refractivity contribution in [1.82, 2.24) is 0 Å². The molecule has 1 saturated heterocycles. The third-order valence-corrected chi connectivity index (χ3v) is 6.58. The average Bonchev–Trinajstić information content (AvgIpc) is 3.36. The number of benzene rings is 1. The van der Waals surface area contributed by atoms with E-state index in [9.17, 15) is 10.2 Å². The SMILES string of the molecule is COc1cc(C)c(OC)c(CC=C(C)C[C@@H](O)C=C(C)CCC=C(C)[C@H](O)C[C@@H]2OC2(C)C)c1. The topological polar surface area (TPSA) is 71.5 Å². The lowest BCUT2D eigenvalue weighted by Crippen LogP contribution is -2.15. The number of hydrogen-bond acceptors (Lipinski definition) is 5. The highest BCUT2D eigenvalue weighted by Crippen LogP contribution is 2.39. The summed E-state index contributed by atoms with van der Waals surface area (Å²) in [6.45, 7) is 12.2. The summed E-state index contributed by atoms with van der Waals surface area (Å²) in [6, 6.07) is 3.97. The predicted molar refractivity (Wildman–Crippen MR) is 139 cm³/mol. The highest BCUT2D eigenvalue weighted by Gasteiger charge is 2.48. The van der Waals surface area contributed by atoms with Crippen LogP contribution in [0.15, 0.2) is 47.1 Å². The summed E-state index contributed by atoms with van der Waals surface area (Å²) in [5, 5.41) is 20.9. The van der Waals surface area contributed by atoms with Crippen molar-refractivity contribution in [3.63, 3.8) is 0 Å². The first-order chi connectivity index (χ1) is 16.0. The number of methoxy groups -OCH3 is 2. The minimum absolute atomic E-state index is 0.0950. The molecule has 5 heteroatoms. The quantitative estimate of drug-likeness (QED) is 0.278. The van der Waals surface area contributed by atoms with Crippen LogP contribution in [-0.4, -0.2) is 48.3 Å².